The predicted molar refractivity (Wildman–Crippen MR) is 57.4 cm³/mol. The van der Waals surface area contributed by atoms with Crippen molar-refractivity contribution in [2.75, 3.05) is 13.2 Å². The van der Waals surface area contributed by atoms with Gasteiger partial charge < -0.3 is 9.84 Å². The Labute approximate surface area is 98.0 Å². The van der Waals surface area contributed by atoms with Gasteiger partial charge in [-0.25, -0.2) is 4.39 Å². The molecule has 0 amide bonds. The second kappa shape index (κ2) is 6.44. The summed E-state index contributed by atoms with van der Waals surface area (Å²) >= 11 is 5.71. The van der Waals surface area contributed by atoms with E-state index in [9.17, 15) is 4.39 Å². The Morgan fingerprint density at radius 3 is 2.94 bits per heavy atom. The van der Waals surface area contributed by atoms with Gasteiger partial charge in [-0.2, -0.15) is 5.26 Å². The van der Waals surface area contributed by atoms with E-state index in [-0.39, 0.29) is 18.8 Å². The zero-order valence-electron chi connectivity index (χ0n) is 8.49. The molecule has 0 fully saturated rings. The van der Waals surface area contributed by atoms with Gasteiger partial charge in [0.05, 0.1) is 12.7 Å². The molecule has 16 heavy (non-hydrogen) atoms. The van der Waals surface area contributed by atoms with Gasteiger partial charge in [0.15, 0.2) is 6.10 Å². The van der Waals surface area contributed by atoms with Gasteiger partial charge in [0.25, 0.3) is 0 Å². The van der Waals surface area contributed by atoms with Gasteiger partial charge in [-0.15, -0.1) is 0 Å². The van der Waals surface area contributed by atoms with Crippen LogP contribution in [0.25, 0.3) is 0 Å². The molecule has 1 aromatic carbocycles. The van der Waals surface area contributed by atoms with Crippen molar-refractivity contribution in [2.45, 2.75) is 12.5 Å². The quantitative estimate of drug-likeness (QED) is 0.809. The molecule has 0 aliphatic carbocycles. The lowest BCUT2D eigenvalue weighted by atomic mass is 10.1. The van der Waals surface area contributed by atoms with Gasteiger partial charge in [-0.1, -0.05) is 11.6 Å². The summed E-state index contributed by atoms with van der Waals surface area (Å²) in [6.45, 7) is 0.164. The van der Waals surface area contributed by atoms with Crippen molar-refractivity contribution in [2.24, 2.45) is 0 Å². The van der Waals surface area contributed by atoms with Crippen LogP contribution in [0.5, 0.6) is 0 Å². The van der Waals surface area contributed by atoms with Gasteiger partial charge in [-0.05, 0) is 24.6 Å². The first kappa shape index (κ1) is 12.9. The second-order valence-corrected chi connectivity index (χ2v) is 3.56. The van der Waals surface area contributed by atoms with Crippen LogP contribution in [0.1, 0.15) is 18.1 Å². The number of aliphatic hydroxyl groups excluding tert-OH is 1. The molecule has 0 aliphatic heterocycles. The molecule has 0 aromatic heterocycles. The molecule has 0 spiro atoms. The van der Waals surface area contributed by atoms with E-state index >= 15 is 0 Å². The molecule has 5 heteroatoms. The minimum Gasteiger partial charge on any atom is -0.396 e. The lowest BCUT2D eigenvalue weighted by Crippen LogP contribution is -2.06. The Bertz CT molecular complexity index is 392. The number of hydrogen-bond acceptors (Lipinski definition) is 3. The van der Waals surface area contributed by atoms with E-state index < -0.39 is 11.9 Å². The summed E-state index contributed by atoms with van der Waals surface area (Å²) in [6, 6.07) is 5.80. The lowest BCUT2D eigenvalue weighted by molar-refractivity contribution is 0.0753. The van der Waals surface area contributed by atoms with Crippen LogP contribution in [0.3, 0.4) is 0 Å². The number of benzene rings is 1. The minimum atomic E-state index is -0.995. The molecule has 0 radical (unpaired) electrons. The Morgan fingerprint density at radius 1 is 1.56 bits per heavy atom. The molecule has 1 unspecified atom stereocenters. The van der Waals surface area contributed by atoms with Crippen molar-refractivity contribution in [1.29, 1.82) is 5.26 Å². The Morgan fingerprint density at radius 2 is 2.31 bits per heavy atom. The first-order chi connectivity index (χ1) is 7.69. The van der Waals surface area contributed by atoms with Crippen LogP contribution in [0.15, 0.2) is 18.2 Å². The van der Waals surface area contributed by atoms with E-state index in [1.807, 2.05) is 6.07 Å². The molecular weight excluding hydrogens is 233 g/mol. The Kier molecular flexibility index (Phi) is 5.20. The molecule has 1 N–H and O–H groups in total. The number of hydrogen-bond donors (Lipinski definition) is 1. The average molecular weight is 244 g/mol. The summed E-state index contributed by atoms with van der Waals surface area (Å²) in [5.41, 5.74) is 0.118. The fraction of sp³-hybridized carbons (Fsp3) is 0.364. The van der Waals surface area contributed by atoms with Crippen LogP contribution in [0.2, 0.25) is 5.02 Å². The topological polar surface area (TPSA) is 53.2 Å². The maximum Gasteiger partial charge on any atom is 0.171 e. The monoisotopic (exact) mass is 243 g/mol. The standard InChI is InChI=1S/C11H11ClFNO2/c12-8-2-3-10(13)9(6-8)11(7-14)16-5-1-4-15/h2-3,6,11,15H,1,4-5H2. The molecule has 1 atom stereocenters. The van der Waals surface area contributed by atoms with E-state index in [1.54, 1.807) is 0 Å². The van der Waals surface area contributed by atoms with Crippen molar-refractivity contribution >= 4 is 11.6 Å². The minimum absolute atomic E-state index is 0.0316. The molecule has 1 rings (SSSR count). The van der Waals surface area contributed by atoms with Crippen LogP contribution in [-0.2, 0) is 4.74 Å². The number of halogens is 2. The number of ether oxygens (including phenoxy) is 1. The van der Waals surface area contributed by atoms with E-state index in [0.29, 0.717) is 11.4 Å². The number of aliphatic hydroxyl groups is 1. The molecule has 3 nitrogen and oxygen atoms in total. The molecule has 1 aromatic rings. The van der Waals surface area contributed by atoms with E-state index in [4.69, 9.17) is 26.7 Å². The van der Waals surface area contributed by atoms with Crippen LogP contribution in [-0.4, -0.2) is 18.3 Å². The molecule has 0 saturated carbocycles. The Hall–Kier alpha value is -1.15. The van der Waals surface area contributed by atoms with Gasteiger partial charge in [0, 0.05) is 17.2 Å². The largest absolute Gasteiger partial charge is 0.396 e. The van der Waals surface area contributed by atoms with E-state index in [1.165, 1.54) is 18.2 Å². The summed E-state index contributed by atoms with van der Waals surface area (Å²) in [7, 11) is 0. The van der Waals surface area contributed by atoms with E-state index in [2.05, 4.69) is 0 Å². The summed E-state index contributed by atoms with van der Waals surface area (Å²) < 4.78 is 18.5. The predicted octanol–water partition coefficient (Wildman–Crippen LogP) is 2.44. The highest BCUT2D eigenvalue weighted by Gasteiger charge is 2.15. The lowest BCUT2D eigenvalue weighted by Gasteiger charge is -2.11. The highest BCUT2D eigenvalue weighted by atomic mass is 35.5. The van der Waals surface area contributed by atoms with Crippen molar-refractivity contribution in [3.63, 3.8) is 0 Å². The molecule has 0 aliphatic rings. The first-order valence-corrected chi connectivity index (χ1v) is 5.14. The van der Waals surface area contributed by atoms with Crippen LogP contribution in [0.4, 0.5) is 4.39 Å². The number of nitriles is 1. The van der Waals surface area contributed by atoms with Crippen molar-refractivity contribution in [1.82, 2.24) is 0 Å². The van der Waals surface area contributed by atoms with Crippen molar-refractivity contribution in [3.05, 3.63) is 34.6 Å². The normalized spacial score (nSPS) is 12.1. The smallest absolute Gasteiger partial charge is 0.171 e. The third-order valence-electron chi connectivity index (χ3n) is 1.94. The zero-order chi connectivity index (χ0) is 12.0. The molecule has 86 valence electrons. The summed E-state index contributed by atoms with van der Waals surface area (Å²) in [4.78, 5) is 0. The maximum absolute atomic E-state index is 13.4. The van der Waals surface area contributed by atoms with Gasteiger partial charge in [0.2, 0.25) is 0 Å². The van der Waals surface area contributed by atoms with Gasteiger partial charge >= 0.3 is 0 Å². The molecule has 0 saturated heterocycles. The summed E-state index contributed by atoms with van der Waals surface area (Å²) in [5, 5.41) is 17.8. The zero-order valence-corrected chi connectivity index (χ0v) is 9.25. The third kappa shape index (κ3) is 3.46. The van der Waals surface area contributed by atoms with Crippen LogP contribution < -0.4 is 0 Å². The highest BCUT2D eigenvalue weighted by Crippen LogP contribution is 2.23. The van der Waals surface area contributed by atoms with Gasteiger partial charge in [0.1, 0.15) is 5.82 Å². The van der Waals surface area contributed by atoms with E-state index in [0.717, 1.165) is 0 Å². The SMILES string of the molecule is N#CC(OCCCO)c1cc(Cl)ccc1F. The maximum atomic E-state index is 13.4. The summed E-state index contributed by atoms with van der Waals surface area (Å²) in [5.74, 6) is -0.528. The third-order valence-corrected chi connectivity index (χ3v) is 2.18. The van der Waals surface area contributed by atoms with Crippen LogP contribution in [0, 0.1) is 17.1 Å². The van der Waals surface area contributed by atoms with Gasteiger partial charge in [-0.3, -0.25) is 0 Å². The molecular formula is C11H11ClFNO2. The summed E-state index contributed by atoms with van der Waals surface area (Å²) in [6.07, 6.45) is -0.592. The van der Waals surface area contributed by atoms with Crippen LogP contribution >= 0.6 is 11.6 Å². The molecule has 0 heterocycles. The van der Waals surface area contributed by atoms with Crippen molar-refractivity contribution in [3.8, 4) is 6.07 Å². The average Bonchev–Trinajstić information content (AvgIpc) is 2.28. The number of rotatable bonds is 5. The highest BCUT2D eigenvalue weighted by molar-refractivity contribution is 6.30. The fourth-order valence-corrected chi connectivity index (χ4v) is 1.36. The fourth-order valence-electron chi connectivity index (χ4n) is 1.18. The molecule has 0 bridgehead atoms. The van der Waals surface area contributed by atoms with Crippen molar-refractivity contribution < 1.29 is 14.2 Å². The number of nitrogens with zero attached hydrogens (tertiary/aromatic N) is 1. The second-order valence-electron chi connectivity index (χ2n) is 3.12. The first-order valence-electron chi connectivity index (χ1n) is 4.76. The Balaban J connectivity index is 2.79.